The summed E-state index contributed by atoms with van der Waals surface area (Å²) in [6, 6.07) is 0.233. The summed E-state index contributed by atoms with van der Waals surface area (Å²) in [5, 5.41) is 5.61. The monoisotopic (exact) mass is 445 g/mol. The predicted molar refractivity (Wildman–Crippen MR) is 112 cm³/mol. The number of imidazole rings is 1. The number of aromatic nitrogens is 4. The van der Waals surface area contributed by atoms with Gasteiger partial charge < -0.3 is 24.8 Å². The molecule has 2 aliphatic heterocycles. The van der Waals surface area contributed by atoms with Crippen molar-refractivity contribution >= 4 is 17.0 Å². The molecule has 4 atom stereocenters. The Balaban J connectivity index is 1.35. The van der Waals surface area contributed by atoms with Gasteiger partial charge >= 0.3 is 0 Å². The largest absolute Gasteiger partial charge is 0.382 e. The fraction of sp³-hybridized carbons (Fsp3) is 0.737. The van der Waals surface area contributed by atoms with Crippen molar-refractivity contribution in [2.24, 2.45) is 11.0 Å². The van der Waals surface area contributed by atoms with Crippen molar-refractivity contribution in [3.8, 4) is 0 Å². The van der Waals surface area contributed by atoms with E-state index in [1.54, 1.807) is 13.4 Å². The van der Waals surface area contributed by atoms with E-state index in [4.69, 9.17) is 30.3 Å². The van der Waals surface area contributed by atoms with Crippen molar-refractivity contribution in [1.29, 1.82) is 0 Å². The molecule has 172 valence electrons. The maximum absolute atomic E-state index is 8.52. The van der Waals surface area contributed by atoms with Gasteiger partial charge in [-0.2, -0.15) is 5.06 Å². The summed E-state index contributed by atoms with van der Waals surface area (Å²) in [4.78, 5) is 21.2. The highest BCUT2D eigenvalue weighted by molar-refractivity contribution is 5.81. The third-order valence-electron chi connectivity index (χ3n) is 6.40. The summed E-state index contributed by atoms with van der Waals surface area (Å²) in [6.07, 6.45) is 3.46. The zero-order valence-electron chi connectivity index (χ0n) is 18.2. The van der Waals surface area contributed by atoms with Gasteiger partial charge in [-0.25, -0.2) is 15.0 Å². The molecule has 1 aliphatic carbocycles. The van der Waals surface area contributed by atoms with Gasteiger partial charge in [-0.1, -0.05) is 5.11 Å². The van der Waals surface area contributed by atoms with Crippen LogP contribution >= 0.6 is 0 Å². The lowest BCUT2D eigenvalue weighted by molar-refractivity contribution is -0.230. The number of anilines is 1. The van der Waals surface area contributed by atoms with Crippen LogP contribution in [0.5, 0.6) is 0 Å². The highest BCUT2D eigenvalue weighted by Gasteiger charge is 2.56. The van der Waals surface area contributed by atoms with Crippen molar-refractivity contribution in [3.63, 3.8) is 0 Å². The van der Waals surface area contributed by atoms with Gasteiger partial charge in [-0.05, 0) is 38.1 Å². The van der Waals surface area contributed by atoms with E-state index in [1.165, 1.54) is 6.33 Å². The molecule has 0 spiro atoms. The molecule has 4 heterocycles. The number of hydrogen-bond acceptors (Lipinski definition) is 10. The second-order valence-corrected chi connectivity index (χ2v) is 8.90. The molecule has 0 amide bonds. The van der Waals surface area contributed by atoms with E-state index in [-0.39, 0.29) is 24.4 Å². The zero-order valence-corrected chi connectivity index (χ0v) is 18.2. The minimum absolute atomic E-state index is 0.233. The maximum atomic E-state index is 8.52. The smallest absolute Gasteiger partial charge is 0.167 e. The van der Waals surface area contributed by atoms with Crippen LogP contribution < -0.4 is 5.73 Å². The van der Waals surface area contributed by atoms with Crippen molar-refractivity contribution in [2.75, 3.05) is 25.9 Å². The molecule has 3 fully saturated rings. The molecule has 0 aromatic carbocycles. The molecular weight excluding hydrogens is 418 g/mol. The van der Waals surface area contributed by atoms with Crippen molar-refractivity contribution < 1.29 is 19.0 Å². The second kappa shape index (κ2) is 8.10. The Morgan fingerprint density at radius 1 is 1.31 bits per heavy atom. The minimum Gasteiger partial charge on any atom is -0.382 e. The van der Waals surface area contributed by atoms with Crippen molar-refractivity contribution in [1.82, 2.24) is 24.6 Å². The Labute approximate surface area is 184 Å². The Hall–Kier alpha value is -2.54. The lowest BCUT2D eigenvalue weighted by Crippen LogP contribution is -2.49. The van der Waals surface area contributed by atoms with E-state index in [0.29, 0.717) is 36.0 Å². The van der Waals surface area contributed by atoms with Crippen molar-refractivity contribution in [3.05, 3.63) is 23.1 Å². The van der Waals surface area contributed by atoms with E-state index in [1.807, 2.05) is 23.5 Å². The lowest BCUT2D eigenvalue weighted by Gasteiger charge is -2.42. The van der Waals surface area contributed by atoms with Crippen LogP contribution in [0.4, 0.5) is 5.82 Å². The SMILES string of the molecule is CON(C[C@H]1O[C@@H](n2cnc3c(N)ncnc32)[C@@H]2OC(C)(C)O[C@@H]21)C1CC(CN=[N+]=[N-])C1. The Morgan fingerprint density at radius 2 is 2.09 bits per heavy atom. The number of nitrogen functional groups attached to an aromatic ring is 1. The first-order valence-corrected chi connectivity index (χ1v) is 10.7. The number of fused-ring (bicyclic) bond motifs is 2. The highest BCUT2D eigenvalue weighted by Crippen LogP contribution is 2.44. The molecule has 0 unspecified atom stereocenters. The number of nitrogens with two attached hydrogens (primary N) is 1. The van der Waals surface area contributed by atoms with Crippen LogP contribution in [0.1, 0.15) is 32.9 Å². The first-order valence-electron chi connectivity index (χ1n) is 10.7. The molecule has 13 heteroatoms. The van der Waals surface area contributed by atoms with Gasteiger partial charge in [0, 0.05) is 17.5 Å². The van der Waals surface area contributed by atoms with Gasteiger partial charge in [0.2, 0.25) is 0 Å². The molecule has 2 saturated heterocycles. The standard InChI is InChI=1S/C19H27N9O4/c1-19(2)31-14-12(7-28(29-3)11-4-10(5-11)6-25-26-21)30-18(15(14)32-19)27-9-24-13-16(20)22-8-23-17(13)27/h8-12,14-15,18H,4-7H2,1-3H3,(H2,20,22,23)/t10?,11?,12-,14-,15-,18-/m1/s1. The third kappa shape index (κ3) is 3.66. The molecule has 2 N–H and O–H groups in total. The summed E-state index contributed by atoms with van der Waals surface area (Å²) >= 11 is 0. The van der Waals surface area contributed by atoms with Gasteiger partial charge in [0.05, 0.1) is 20.0 Å². The normalized spacial score (nSPS) is 33.2. The molecule has 2 aromatic rings. The summed E-state index contributed by atoms with van der Waals surface area (Å²) in [5.41, 5.74) is 15.6. The van der Waals surface area contributed by atoms with E-state index < -0.39 is 12.0 Å². The Kier molecular flexibility index (Phi) is 5.40. The van der Waals surface area contributed by atoms with E-state index in [2.05, 4.69) is 25.0 Å². The second-order valence-electron chi connectivity index (χ2n) is 8.90. The number of nitrogens with zero attached hydrogens (tertiary/aromatic N) is 8. The van der Waals surface area contributed by atoms with E-state index >= 15 is 0 Å². The number of hydrogen-bond donors (Lipinski definition) is 1. The minimum atomic E-state index is -0.741. The van der Waals surface area contributed by atoms with E-state index in [0.717, 1.165) is 12.8 Å². The van der Waals surface area contributed by atoms with Crippen LogP contribution in [0.15, 0.2) is 17.8 Å². The summed E-state index contributed by atoms with van der Waals surface area (Å²) in [7, 11) is 1.66. The van der Waals surface area contributed by atoms with E-state index in [9.17, 15) is 0 Å². The average molecular weight is 445 g/mol. The van der Waals surface area contributed by atoms with Crippen molar-refractivity contribution in [2.45, 2.75) is 63.1 Å². The average Bonchev–Trinajstić information content (AvgIpc) is 3.38. The predicted octanol–water partition coefficient (Wildman–Crippen LogP) is 1.78. The van der Waals surface area contributed by atoms with Crippen LogP contribution in [-0.4, -0.2) is 74.9 Å². The van der Waals surface area contributed by atoms with Gasteiger partial charge in [-0.15, -0.1) is 0 Å². The molecular formula is C19H27N9O4. The molecule has 13 nitrogen and oxygen atoms in total. The first kappa shape index (κ1) is 21.3. The highest BCUT2D eigenvalue weighted by atomic mass is 16.8. The zero-order chi connectivity index (χ0) is 22.5. The number of ether oxygens (including phenoxy) is 3. The Morgan fingerprint density at radius 3 is 2.84 bits per heavy atom. The molecule has 2 aromatic heterocycles. The molecule has 32 heavy (non-hydrogen) atoms. The van der Waals surface area contributed by atoms with Gasteiger partial charge in [0.1, 0.15) is 30.2 Å². The molecule has 0 radical (unpaired) electrons. The molecule has 5 rings (SSSR count). The molecule has 3 aliphatic rings. The van der Waals surface area contributed by atoms with Gasteiger partial charge in [0.15, 0.2) is 23.5 Å². The van der Waals surface area contributed by atoms with Crippen LogP contribution in [0.2, 0.25) is 0 Å². The quantitative estimate of drug-likeness (QED) is 0.290. The number of rotatable bonds is 7. The third-order valence-corrected chi connectivity index (χ3v) is 6.40. The summed E-state index contributed by atoms with van der Waals surface area (Å²) in [5.74, 6) is -0.0463. The summed E-state index contributed by atoms with van der Waals surface area (Å²) in [6.45, 7) is 4.81. The fourth-order valence-electron chi connectivity index (χ4n) is 4.87. The Bertz CT molecular complexity index is 1030. The first-order chi connectivity index (χ1) is 15.4. The van der Waals surface area contributed by atoms with Crippen LogP contribution in [-0.2, 0) is 19.0 Å². The van der Waals surface area contributed by atoms with Gasteiger partial charge in [-0.3, -0.25) is 4.57 Å². The molecule has 0 bridgehead atoms. The molecule has 1 saturated carbocycles. The lowest BCUT2D eigenvalue weighted by atomic mass is 9.80. The number of hydroxylamine groups is 2. The van der Waals surface area contributed by atoms with Gasteiger partial charge in [0.25, 0.3) is 0 Å². The topological polar surface area (TPSA) is 159 Å². The van der Waals surface area contributed by atoms with Crippen LogP contribution in [0, 0.1) is 5.92 Å². The maximum Gasteiger partial charge on any atom is 0.167 e. The summed E-state index contributed by atoms with van der Waals surface area (Å²) < 4.78 is 20.7. The number of azide groups is 1. The fourth-order valence-corrected chi connectivity index (χ4v) is 4.87. The van der Waals surface area contributed by atoms with Crippen LogP contribution in [0.25, 0.3) is 21.6 Å². The van der Waals surface area contributed by atoms with Crippen LogP contribution in [0.3, 0.4) is 0 Å².